The Kier molecular flexibility index (Phi) is 2.56. The van der Waals surface area contributed by atoms with E-state index < -0.39 is 0 Å². The zero-order valence-corrected chi connectivity index (χ0v) is 10.1. The molecular weight excluding hydrogens is 204 g/mol. The predicted octanol–water partition coefficient (Wildman–Crippen LogP) is 4.26. The van der Waals surface area contributed by atoms with E-state index >= 15 is 0 Å². The molecule has 0 radical (unpaired) electrons. The lowest BCUT2D eigenvalue weighted by Crippen LogP contribution is -2.09. The molecule has 1 aliphatic rings. The molecule has 0 N–H and O–H groups in total. The molecule has 0 saturated heterocycles. The van der Waals surface area contributed by atoms with Crippen LogP contribution in [0.1, 0.15) is 27.8 Å². The van der Waals surface area contributed by atoms with Crippen LogP contribution in [0.2, 0.25) is 0 Å². The highest BCUT2D eigenvalue weighted by atomic mass is 14.2. The van der Waals surface area contributed by atoms with E-state index in [1.165, 1.54) is 40.7 Å². The van der Waals surface area contributed by atoms with Gasteiger partial charge in [-0.2, -0.15) is 0 Å². The maximum Gasteiger partial charge on any atom is -0.0221 e. The molecule has 0 nitrogen and oxygen atoms in total. The summed E-state index contributed by atoms with van der Waals surface area (Å²) in [6, 6.07) is 15.3. The topological polar surface area (TPSA) is 0 Å². The van der Waals surface area contributed by atoms with E-state index in [9.17, 15) is 0 Å². The Bertz CT molecular complexity index is 559. The van der Waals surface area contributed by atoms with Gasteiger partial charge < -0.3 is 0 Å². The Hall–Kier alpha value is -1.82. The van der Waals surface area contributed by atoms with Crippen LogP contribution < -0.4 is 0 Å². The van der Waals surface area contributed by atoms with Gasteiger partial charge in [0.2, 0.25) is 0 Å². The van der Waals surface area contributed by atoms with E-state index in [0.29, 0.717) is 0 Å². The van der Waals surface area contributed by atoms with Crippen LogP contribution in [-0.2, 0) is 12.8 Å². The van der Waals surface area contributed by atoms with Gasteiger partial charge in [-0.25, -0.2) is 0 Å². The molecular formula is C17H16. The Balaban J connectivity index is 1.87. The lowest BCUT2D eigenvalue weighted by molar-refractivity contribution is 0.836. The van der Waals surface area contributed by atoms with Crippen molar-refractivity contribution in [3.05, 3.63) is 70.3 Å². The van der Waals surface area contributed by atoms with E-state index in [-0.39, 0.29) is 0 Å². The molecule has 2 aromatic rings. The van der Waals surface area contributed by atoms with Crippen molar-refractivity contribution in [1.82, 2.24) is 0 Å². The number of benzene rings is 2. The average Bonchev–Trinajstić information content (AvgIpc) is 2.30. The Labute approximate surface area is 103 Å². The quantitative estimate of drug-likeness (QED) is 0.663. The summed E-state index contributed by atoms with van der Waals surface area (Å²) in [5.41, 5.74) is 7.03. The van der Waals surface area contributed by atoms with Crippen molar-refractivity contribution in [3.8, 4) is 0 Å². The standard InChI is InChI=1S/C17H16/c1-13-5-7-14(8-6-13)9-10-15-3-2-4-16-11-12-17(15)16/h2-10H,11-12H2,1H3/b10-9+. The molecule has 0 bridgehead atoms. The van der Waals surface area contributed by atoms with E-state index in [1.807, 2.05) is 0 Å². The maximum atomic E-state index is 2.24. The largest absolute Gasteiger partial charge is 0.0614 e. The summed E-state index contributed by atoms with van der Waals surface area (Å²) in [4.78, 5) is 0. The van der Waals surface area contributed by atoms with Gasteiger partial charge in [0, 0.05) is 0 Å². The van der Waals surface area contributed by atoms with Crippen molar-refractivity contribution >= 4 is 12.2 Å². The molecule has 0 heterocycles. The minimum atomic E-state index is 1.24. The molecule has 1 aliphatic carbocycles. The summed E-state index contributed by atoms with van der Waals surface area (Å²) in [5, 5.41) is 0. The number of aryl methyl sites for hydroxylation is 2. The zero-order chi connectivity index (χ0) is 11.7. The van der Waals surface area contributed by atoms with E-state index in [0.717, 1.165) is 0 Å². The van der Waals surface area contributed by atoms with Crippen LogP contribution >= 0.6 is 0 Å². The van der Waals surface area contributed by atoms with Gasteiger partial charge >= 0.3 is 0 Å². The van der Waals surface area contributed by atoms with Gasteiger partial charge in [0.05, 0.1) is 0 Å². The smallest absolute Gasteiger partial charge is 0.0221 e. The lowest BCUT2D eigenvalue weighted by Gasteiger charge is -2.20. The molecule has 84 valence electrons. The van der Waals surface area contributed by atoms with Gasteiger partial charge in [0.1, 0.15) is 0 Å². The molecule has 0 amide bonds. The summed E-state index contributed by atoms with van der Waals surface area (Å²) < 4.78 is 0. The molecule has 17 heavy (non-hydrogen) atoms. The minimum absolute atomic E-state index is 1.24. The fourth-order valence-electron chi connectivity index (χ4n) is 2.30. The minimum Gasteiger partial charge on any atom is -0.0614 e. The molecule has 0 heteroatoms. The Morgan fingerprint density at radius 1 is 0.882 bits per heavy atom. The number of hydrogen-bond acceptors (Lipinski definition) is 0. The van der Waals surface area contributed by atoms with Gasteiger partial charge in [-0.15, -0.1) is 0 Å². The molecule has 2 aromatic carbocycles. The number of hydrogen-bond donors (Lipinski definition) is 0. The first-order valence-electron chi connectivity index (χ1n) is 6.18. The third-order valence-electron chi connectivity index (χ3n) is 3.49. The van der Waals surface area contributed by atoms with Gasteiger partial charge in [-0.3, -0.25) is 0 Å². The molecule has 0 fully saturated rings. The summed E-state index contributed by atoms with van der Waals surface area (Å²) in [6.07, 6.45) is 6.93. The summed E-state index contributed by atoms with van der Waals surface area (Å²) >= 11 is 0. The van der Waals surface area contributed by atoms with E-state index in [4.69, 9.17) is 0 Å². The van der Waals surface area contributed by atoms with Gasteiger partial charge in [-0.05, 0) is 42.0 Å². The van der Waals surface area contributed by atoms with Gasteiger partial charge in [0.15, 0.2) is 0 Å². The van der Waals surface area contributed by atoms with Crippen molar-refractivity contribution < 1.29 is 0 Å². The molecule has 0 unspecified atom stereocenters. The Morgan fingerprint density at radius 3 is 2.41 bits per heavy atom. The second-order valence-electron chi connectivity index (χ2n) is 4.73. The van der Waals surface area contributed by atoms with Gasteiger partial charge in [0.25, 0.3) is 0 Å². The van der Waals surface area contributed by atoms with Gasteiger partial charge in [-0.1, -0.05) is 60.2 Å². The van der Waals surface area contributed by atoms with Crippen molar-refractivity contribution in [1.29, 1.82) is 0 Å². The molecule has 0 aliphatic heterocycles. The van der Waals surface area contributed by atoms with Crippen LogP contribution in [0.25, 0.3) is 12.2 Å². The van der Waals surface area contributed by atoms with Crippen LogP contribution in [0.3, 0.4) is 0 Å². The van der Waals surface area contributed by atoms with Crippen LogP contribution in [-0.4, -0.2) is 0 Å². The monoisotopic (exact) mass is 220 g/mol. The summed E-state index contributed by atoms with van der Waals surface area (Å²) in [5.74, 6) is 0. The highest BCUT2D eigenvalue weighted by Crippen LogP contribution is 2.27. The van der Waals surface area contributed by atoms with E-state index in [2.05, 4.69) is 61.5 Å². The van der Waals surface area contributed by atoms with Crippen molar-refractivity contribution in [3.63, 3.8) is 0 Å². The first-order chi connectivity index (χ1) is 8.33. The number of rotatable bonds is 2. The van der Waals surface area contributed by atoms with Crippen molar-refractivity contribution in [2.24, 2.45) is 0 Å². The van der Waals surface area contributed by atoms with E-state index in [1.54, 1.807) is 0 Å². The molecule has 3 rings (SSSR count). The van der Waals surface area contributed by atoms with Crippen LogP contribution in [0.5, 0.6) is 0 Å². The molecule has 0 spiro atoms. The molecule has 0 atom stereocenters. The average molecular weight is 220 g/mol. The third-order valence-corrected chi connectivity index (χ3v) is 3.49. The maximum absolute atomic E-state index is 2.24. The second-order valence-corrected chi connectivity index (χ2v) is 4.73. The van der Waals surface area contributed by atoms with Crippen LogP contribution in [0, 0.1) is 6.92 Å². The van der Waals surface area contributed by atoms with Crippen molar-refractivity contribution in [2.45, 2.75) is 19.8 Å². The first-order valence-corrected chi connectivity index (χ1v) is 6.18. The second kappa shape index (κ2) is 4.21. The van der Waals surface area contributed by atoms with Crippen LogP contribution in [0.15, 0.2) is 42.5 Å². The van der Waals surface area contributed by atoms with Crippen LogP contribution in [0.4, 0.5) is 0 Å². The lowest BCUT2D eigenvalue weighted by atomic mass is 9.84. The summed E-state index contributed by atoms with van der Waals surface area (Å²) in [6.45, 7) is 2.12. The highest BCUT2D eigenvalue weighted by molar-refractivity contribution is 5.72. The normalized spacial score (nSPS) is 13.5. The van der Waals surface area contributed by atoms with Crippen molar-refractivity contribution in [2.75, 3.05) is 0 Å². The Morgan fingerprint density at radius 2 is 1.71 bits per heavy atom. The highest BCUT2D eigenvalue weighted by Gasteiger charge is 2.14. The zero-order valence-electron chi connectivity index (χ0n) is 10.1. The number of fused-ring (bicyclic) bond motifs is 1. The fourth-order valence-corrected chi connectivity index (χ4v) is 2.30. The SMILES string of the molecule is Cc1ccc(/C=C/c2cccc3c2CC3)cc1. The fraction of sp³-hybridized carbons (Fsp3) is 0.176. The first kappa shape index (κ1) is 10.3. The molecule has 0 saturated carbocycles. The molecule has 0 aromatic heterocycles. The summed E-state index contributed by atoms with van der Waals surface area (Å²) in [7, 11) is 0. The predicted molar refractivity (Wildman–Crippen MR) is 74.0 cm³/mol. The third kappa shape index (κ3) is 2.03.